The Morgan fingerprint density at radius 3 is 2.58 bits per heavy atom. The Morgan fingerprint density at radius 2 is 1.88 bits per heavy atom. The average Bonchev–Trinajstić information content (AvgIpc) is 3.11. The highest BCUT2D eigenvalue weighted by atomic mass is 16.5. The number of H-pyrrole nitrogens is 1. The molecule has 0 aliphatic heterocycles. The number of nitrogens with zero attached hydrogens (tertiary/aromatic N) is 1. The maximum atomic E-state index is 10.3. The van der Waals surface area contributed by atoms with E-state index in [0.29, 0.717) is 13.1 Å². The molecule has 0 bridgehead atoms. The Labute approximate surface area is 141 Å². The molecule has 24 heavy (non-hydrogen) atoms. The Morgan fingerprint density at radius 1 is 1.12 bits per heavy atom. The fourth-order valence-corrected chi connectivity index (χ4v) is 2.59. The molecule has 1 atom stereocenters. The maximum Gasteiger partial charge on any atom is 0.118 e. The Balaban J connectivity index is 1.58. The van der Waals surface area contributed by atoms with Crippen molar-refractivity contribution in [3.63, 3.8) is 0 Å². The van der Waals surface area contributed by atoms with Gasteiger partial charge in [-0.1, -0.05) is 42.5 Å². The van der Waals surface area contributed by atoms with Crippen molar-refractivity contribution in [2.75, 3.05) is 13.7 Å². The Kier molecular flexibility index (Phi) is 5.25. The van der Waals surface area contributed by atoms with E-state index in [2.05, 4.69) is 15.5 Å². The summed E-state index contributed by atoms with van der Waals surface area (Å²) in [4.78, 5) is 0. The third kappa shape index (κ3) is 3.82. The van der Waals surface area contributed by atoms with Crippen molar-refractivity contribution in [3.8, 4) is 17.0 Å². The zero-order valence-electron chi connectivity index (χ0n) is 13.6. The largest absolute Gasteiger partial charge is 0.497 e. The molecule has 1 heterocycles. The van der Waals surface area contributed by atoms with Crippen molar-refractivity contribution in [2.45, 2.75) is 12.6 Å². The van der Waals surface area contributed by atoms with Gasteiger partial charge in [-0.15, -0.1) is 0 Å². The average molecular weight is 323 g/mol. The van der Waals surface area contributed by atoms with E-state index in [1.54, 1.807) is 7.11 Å². The molecule has 0 radical (unpaired) electrons. The summed E-state index contributed by atoms with van der Waals surface area (Å²) < 4.78 is 5.13. The van der Waals surface area contributed by atoms with Crippen LogP contribution in [0, 0.1) is 0 Å². The molecule has 0 saturated carbocycles. The van der Waals surface area contributed by atoms with Gasteiger partial charge in [0.2, 0.25) is 0 Å². The van der Waals surface area contributed by atoms with Crippen LogP contribution in [0.2, 0.25) is 0 Å². The quantitative estimate of drug-likeness (QED) is 0.625. The molecule has 124 valence electrons. The molecule has 3 N–H and O–H groups in total. The molecule has 5 heteroatoms. The third-order valence-electron chi connectivity index (χ3n) is 3.93. The number of aliphatic hydroxyl groups is 1. The van der Waals surface area contributed by atoms with Crippen LogP contribution in [0.3, 0.4) is 0 Å². The normalized spacial score (nSPS) is 12.1. The molecule has 0 aliphatic rings. The van der Waals surface area contributed by atoms with Crippen molar-refractivity contribution in [1.29, 1.82) is 0 Å². The molecule has 0 saturated heterocycles. The number of nitrogens with one attached hydrogen (secondary N) is 2. The number of hydrogen-bond acceptors (Lipinski definition) is 4. The molecule has 5 nitrogen and oxygen atoms in total. The van der Waals surface area contributed by atoms with E-state index in [1.807, 2.05) is 60.8 Å². The van der Waals surface area contributed by atoms with Gasteiger partial charge in [0.25, 0.3) is 0 Å². The number of ether oxygens (including phenoxy) is 1. The van der Waals surface area contributed by atoms with Crippen molar-refractivity contribution in [1.82, 2.24) is 15.5 Å². The number of aliphatic hydroxyl groups excluding tert-OH is 1. The topological polar surface area (TPSA) is 70.2 Å². The molecule has 0 fully saturated rings. The number of methoxy groups -OCH3 is 1. The SMILES string of the molecule is COc1ccc(C(O)CNCc2cn[nH]c2-c2ccccc2)cc1. The van der Waals surface area contributed by atoms with Crippen molar-refractivity contribution in [3.05, 3.63) is 71.9 Å². The molecule has 0 aliphatic carbocycles. The van der Waals surface area contributed by atoms with Crippen molar-refractivity contribution in [2.24, 2.45) is 0 Å². The highest BCUT2D eigenvalue weighted by Gasteiger charge is 2.10. The van der Waals surface area contributed by atoms with Gasteiger partial charge >= 0.3 is 0 Å². The first kappa shape index (κ1) is 16.2. The minimum Gasteiger partial charge on any atom is -0.497 e. The van der Waals surface area contributed by atoms with Gasteiger partial charge in [0.05, 0.1) is 25.1 Å². The second-order valence-electron chi connectivity index (χ2n) is 5.56. The van der Waals surface area contributed by atoms with Crippen LogP contribution < -0.4 is 10.1 Å². The molecular formula is C19H21N3O2. The predicted molar refractivity (Wildman–Crippen MR) is 93.7 cm³/mol. The molecule has 3 rings (SSSR count). The van der Waals surface area contributed by atoms with Crippen molar-refractivity contribution < 1.29 is 9.84 Å². The first-order chi connectivity index (χ1) is 11.8. The van der Waals surface area contributed by atoms with Gasteiger partial charge < -0.3 is 15.2 Å². The summed E-state index contributed by atoms with van der Waals surface area (Å²) >= 11 is 0. The second kappa shape index (κ2) is 7.77. The third-order valence-corrected chi connectivity index (χ3v) is 3.93. The van der Waals surface area contributed by atoms with Crippen molar-refractivity contribution >= 4 is 0 Å². The van der Waals surface area contributed by atoms with E-state index in [-0.39, 0.29) is 0 Å². The molecular weight excluding hydrogens is 302 g/mol. The summed E-state index contributed by atoms with van der Waals surface area (Å²) in [7, 11) is 1.63. The van der Waals surface area contributed by atoms with Gasteiger partial charge in [0, 0.05) is 18.7 Å². The van der Waals surface area contributed by atoms with Crippen LogP contribution in [0.4, 0.5) is 0 Å². The Hall–Kier alpha value is -2.63. The molecule has 3 aromatic rings. The van der Waals surface area contributed by atoms with Crippen LogP contribution >= 0.6 is 0 Å². The summed E-state index contributed by atoms with van der Waals surface area (Å²) in [5, 5.41) is 20.7. The lowest BCUT2D eigenvalue weighted by Crippen LogP contribution is -2.21. The van der Waals surface area contributed by atoms with Gasteiger partial charge in [-0.3, -0.25) is 5.10 Å². The van der Waals surface area contributed by atoms with E-state index in [9.17, 15) is 5.11 Å². The predicted octanol–water partition coefficient (Wildman–Crippen LogP) is 2.91. The van der Waals surface area contributed by atoms with E-state index >= 15 is 0 Å². The number of hydrogen-bond donors (Lipinski definition) is 3. The Bertz CT molecular complexity index is 754. The van der Waals surface area contributed by atoms with E-state index in [4.69, 9.17) is 4.74 Å². The lowest BCUT2D eigenvalue weighted by atomic mass is 10.1. The number of aromatic nitrogens is 2. The smallest absolute Gasteiger partial charge is 0.118 e. The minimum atomic E-state index is -0.567. The zero-order chi connectivity index (χ0) is 16.8. The number of rotatable bonds is 7. The van der Waals surface area contributed by atoms with E-state index in [1.165, 1.54) is 0 Å². The molecule has 1 unspecified atom stereocenters. The fourth-order valence-electron chi connectivity index (χ4n) is 2.59. The highest BCUT2D eigenvalue weighted by Crippen LogP contribution is 2.21. The fraction of sp³-hybridized carbons (Fsp3) is 0.211. The summed E-state index contributed by atoms with van der Waals surface area (Å²) in [6.07, 6.45) is 1.25. The van der Waals surface area contributed by atoms with Crippen LogP contribution in [-0.2, 0) is 6.54 Å². The van der Waals surface area contributed by atoms with Crippen LogP contribution in [-0.4, -0.2) is 29.0 Å². The lowest BCUT2D eigenvalue weighted by molar-refractivity contribution is 0.174. The van der Waals surface area contributed by atoms with Gasteiger partial charge in [-0.05, 0) is 23.3 Å². The van der Waals surface area contributed by atoms with E-state index in [0.717, 1.165) is 28.1 Å². The van der Waals surface area contributed by atoms with E-state index < -0.39 is 6.10 Å². The molecule has 1 aromatic heterocycles. The summed E-state index contributed by atoms with van der Waals surface area (Å²) in [6, 6.07) is 17.5. The highest BCUT2D eigenvalue weighted by molar-refractivity contribution is 5.62. The van der Waals surface area contributed by atoms with Gasteiger partial charge in [0.1, 0.15) is 5.75 Å². The van der Waals surface area contributed by atoms with Crippen LogP contribution in [0.5, 0.6) is 5.75 Å². The van der Waals surface area contributed by atoms with Crippen LogP contribution in [0.1, 0.15) is 17.2 Å². The molecule has 0 amide bonds. The number of benzene rings is 2. The van der Waals surface area contributed by atoms with Crippen LogP contribution in [0.25, 0.3) is 11.3 Å². The first-order valence-electron chi connectivity index (χ1n) is 7.88. The maximum absolute atomic E-state index is 10.3. The second-order valence-corrected chi connectivity index (χ2v) is 5.56. The summed E-state index contributed by atoms with van der Waals surface area (Å²) in [5.74, 6) is 0.782. The standard InChI is InChI=1S/C19H21N3O2/c1-24-17-9-7-14(8-10-17)18(23)13-20-11-16-12-21-22-19(16)15-5-3-2-4-6-15/h2-10,12,18,20,23H,11,13H2,1H3,(H,21,22). The minimum absolute atomic E-state index is 0.464. The molecule has 0 spiro atoms. The number of aromatic amines is 1. The zero-order valence-corrected chi connectivity index (χ0v) is 13.6. The van der Waals surface area contributed by atoms with Gasteiger partial charge in [-0.25, -0.2) is 0 Å². The lowest BCUT2D eigenvalue weighted by Gasteiger charge is -2.13. The van der Waals surface area contributed by atoms with Crippen LogP contribution in [0.15, 0.2) is 60.8 Å². The molecule has 2 aromatic carbocycles. The van der Waals surface area contributed by atoms with Gasteiger partial charge in [0.15, 0.2) is 0 Å². The first-order valence-corrected chi connectivity index (χ1v) is 7.88. The van der Waals surface area contributed by atoms with Gasteiger partial charge in [-0.2, -0.15) is 5.10 Å². The summed E-state index contributed by atoms with van der Waals surface area (Å²) in [5.41, 5.74) is 4.03. The summed E-state index contributed by atoms with van der Waals surface area (Å²) in [6.45, 7) is 1.10. The monoisotopic (exact) mass is 323 g/mol.